The van der Waals surface area contributed by atoms with Crippen molar-refractivity contribution in [3.05, 3.63) is 47.4 Å². The van der Waals surface area contributed by atoms with Gasteiger partial charge in [0.1, 0.15) is 10.7 Å². The van der Waals surface area contributed by atoms with E-state index in [1.54, 1.807) is 11.4 Å². The van der Waals surface area contributed by atoms with E-state index in [0.29, 0.717) is 22.3 Å². The molecule has 0 bridgehead atoms. The SMILES string of the molecule is O=S(=O)(Nc1ccsc1-c1nc(C2CC2)no1)c1cccc(F)c1. The van der Waals surface area contributed by atoms with Gasteiger partial charge >= 0.3 is 0 Å². The van der Waals surface area contributed by atoms with Gasteiger partial charge in [0.2, 0.25) is 0 Å². The van der Waals surface area contributed by atoms with Gasteiger partial charge in [-0.1, -0.05) is 11.2 Å². The molecule has 1 N–H and O–H groups in total. The van der Waals surface area contributed by atoms with Crippen LogP contribution >= 0.6 is 11.3 Å². The summed E-state index contributed by atoms with van der Waals surface area (Å²) in [6, 6.07) is 6.44. The molecule has 0 aliphatic heterocycles. The monoisotopic (exact) mass is 365 g/mol. The first kappa shape index (κ1) is 15.3. The molecular formula is C15H12FN3O3S2. The Morgan fingerprint density at radius 1 is 1.29 bits per heavy atom. The number of thiophene rings is 1. The smallest absolute Gasteiger partial charge is 0.270 e. The lowest BCUT2D eigenvalue weighted by Crippen LogP contribution is -2.13. The number of rotatable bonds is 5. The van der Waals surface area contributed by atoms with Crippen molar-refractivity contribution < 1.29 is 17.3 Å². The highest BCUT2D eigenvalue weighted by Crippen LogP contribution is 2.40. The Morgan fingerprint density at radius 2 is 2.12 bits per heavy atom. The highest BCUT2D eigenvalue weighted by molar-refractivity contribution is 7.92. The fourth-order valence-corrected chi connectivity index (χ4v) is 4.17. The number of aromatic nitrogens is 2. The van der Waals surface area contributed by atoms with Crippen molar-refractivity contribution in [2.24, 2.45) is 0 Å². The van der Waals surface area contributed by atoms with Gasteiger partial charge in [0, 0.05) is 5.92 Å². The Labute approximate surface area is 141 Å². The first-order valence-corrected chi connectivity index (χ1v) is 9.59. The van der Waals surface area contributed by atoms with E-state index < -0.39 is 15.8 Å². The quantitative estimate of drug-likeness (QED) is 0.746. The van der Waals surface area contributed by atoms with E-state index in [9.17, 15) is 12.8 Å². The molecule has 24 heavy (non-hydrogen) atoms. The van der Waals surface area contributed by atoms with Crippen LogP contribution in [0.2, 0.25) is 0 Å². The van der Waals surface area contributed by atoms with Gasteiger partial charge in [-0.3, -0.25) is 4.72 Å². The Morgan fingerprint density at radius 3 is 2.88 bits per heavy atom. The maximum atomic E-state index is 13.3. The first-order valence-electron chi connectivity index (χ1n) is 7.23. The van der Waals surface area contributed by atoms with Crippen LogP contribution in [0.1, 0.15) is 24.6 Å². The van der Waals surface area contributed by atoms with Gasteiger partial charge < -0.3 is 4.52 Å². The van der Waals surface area contributed by atoms with Crippen molar-refractivity contribution in [3.8, 4) is 10.8 Å². The minimum atomic E-state index is -3.91. The topological polar surface area (TPSA) is 85.1 Å². The van der Waals surface area contributed by atoms with Crippen molar-refractivity contribution in [3.63, 3.8) is 0 Å². The van der Waals surface area contributed by atoms with Crippen LogP contribution in [0.3, 0.4) is 0 Å². The van der Waals surface area contributed by atoms with Gasteiger partial charge in [-0.15, -0.1) is 11.3 Å². The summed E-state index contributed by atoms with van der Waals surface area (Å²) in [6.07, 6.45) is 2.09. The number of anilines is 1. The zero-order valence-electron chi connectivity index (χ0n) is 12.3. The Bertz CT molecular complexity index is 993. The summed E-state index contributed by atoms with van der Waals surface area (Å²) in [5, 5.41) is 5.66. The molecule has 124 valence electrons. The molecule has 1 aromatic carbocycles. The third kappa shape index (κ3) is 2.92. The second kappa shape index (κ2) is 5.67. The van der Waals surface area contributed by atoms with Gasteiger partial charge in [-0.2, -0.15) is 4.98 Å². The Kier molecular flexibility index (Phi) is 3.61. The van der Waals surface area contributed by atoms with Crippen LogP contribution in [0.4, 0.5) is 10.1 Å². The summed E-state index contributed by atoms with van der Waals surface area (Å²) in [4.78, 5) is 4.72. The van der Waals surface area contributed by atoms with Crippen LogP contribution in [-0.2, 0) is 10.0 Å². The molecule has 1 saturated carbocycles. The summed E-state index contributed by atoms with van der Waals surface area (Å²) in [5.74, 6) is 0.658. The number of hydrogen-bond donors (Lipinski definition) is 1. The summed E-state index contributed by atoms with van der Waals surface area (Å²) in [7, 11) is -3.91. The second-order valence-corrected chi connectivity index (χ2v) is 8.06. The molecule has 4 rings (SSSR count). The van der Waals surface area contributed by atoms with E-state index in [1.807, 2.05) is 0 Å². The molecular weight excluding hydrogens is 353 g/mol. The molecule has 0 amide bonds. The average Bonchev–Trinajstić information content (AvgIpc) is 3.11. The zero-order valence-corrected chi connectivity index (χ0v) is 13.9. The van der Waals surface area contributed by atoms with E-state index in [-0.39, 0.29) is 10.8 Å². The lowest BCUT2D eigenvalue weighted by Gasteiger charge is -2.07. The minimum Gasteiger partial charge on any atom is -0.333 e. The van der Waals surface area contributed by atoms with E-state index in [2.05, 4.69) is 14.9 Å². The maximum absolute atomic E-state index is 13.3. The van der Waals surface area contributed by atoms with Gasteiger partial charge in [0.25, 0.3) is 15.9 Å². The third-order valence-corrected chi connectivity index (χ3v) is 5.86. The van der Waals surface area contributed by atoms with Crippen molar-refractivity contribution in [2.75, 3.05) is 4.72 Å². The number of nitrogens with zero attached hydrogens (tertiary/aromatic N) is 2. The molecule has 9 heteroatoms. The molecule has 1 aliphatic carbocycles. The largest absolute Gasteiger partial charge is 0.333 e. The van der Waals surface area contributed by atoms with Crippen LogP contribution in [0, 0.1) is 5.82 Å². The Balaban J connectivity index is 1.64. The fraction of sp³-hybridized carbons (Fsp3) is 0.200. The van der Waals surface area contributed by atoms with E-state index >= 15 is 0 Å². The van der Waals surface area contributed by atoms with E-state index in [0.717, 1.165) is 18.9 Å². The van der Waals surface area contributed by atoms with Crippen molar-refractivity contribution in [1.29, 1.82) is 0 Å². The van der Waals surface area contributed by atoms with Crippen molar-refractivity contribution >= 4 is 27.0 Å². The molecule has 2 aromatic heterocycles. The number of hydrogen-bond acceptors (Lipinski definition) is 6. The molecule has 0 saturated heterocycles. The molecule has 3 aromatic rings. The van der Waals surface area contributed by atoms with Crippen LogP contribution in [0.15, 0.2) is 45.1 Å². The second-order valence-electron chi connectivity index (χ2n) is 5.46. The van der Waals surface area contributed by atoms with Crippen molar-refractivity contribution in [2.45, 2.75) is 23.7 Å². The first-order chi connectivity index (χ1) is 11.5. The highest BCUT2D eigenvalue weighted by Gasteiger charge is 2.30. The standard InChI is InChI=1S/C15H12FN3O3S2/c16-10-2-1-3-11(8-10)24(20,21)19-12-6-7-23-13(12)15-17-14(18-22-15)9-4-5-9/h1-3,6-9,19H,4-5H2. The van der Waals surface area contributed by atoms with Crippen molar-refractivity contribution in [1.82, 2.24) is 10.1 Å². The zero-order chi connectivity index (χ0) is 16.7. The third-order valence-electron chi connectivity index (χ3n) is 3.59. The normalized spacial score (nSPS) is 14.7. The van der Waals surface area contributed by atoms with Gasteiger partial charge in [-0.25, -0.2) is 12.8 Å². The summed E-state index contributed by atoms with van der Waals surface area (Å²) in [6.45, 7) is 0. The molecule has 0 spiro atoms. The lowest BCUT2D eigenvalue weighted by atomic mass is 10.4. The maximum Gasteiger partial charge on any atom is 0.270 e. The fourth-order valence-electron chi connectivity index (χ4n) is 2.23. The van der Waals surface area contributed by atoms with Gasteiger partial charge in [0.15, 0.2) is 5.82 Å². The van der Waals surface area contributed by atoms with Crippen LogP contribution < -0.4 is 4.72 Å². The van der Waals surface area contributed by atoms with Crippen LogP contribution in [-0.4, -0.2) is 18.6 Å². The lowest BCUT2D eigenvalue weighted by molar-refractivity contribution is 0.423. The van der Waals surface area contributed by atoms with E-state index in [4.69, 9.17) is 4.52 Å². The number of sulfonamides is 1. The molecule has 0 atom stereocenters. The summed E-state index contributed by atoms with van der Waals surface area (Å²) < 4.78 is 45.8. The van der Waals surface area contributed by atoms with E-state index in [1.165, 1.54) is 29.5 Å². The highest BCUT2D eigenvalue weighted by atomic mass is 32.2. The molecule has 0 unspecified atom stereocenters. The molecule has 1 fully saturated rings. The number of nitrogens with one attached hydrogen (secondary N) is 1. The predicted molar refractivity (Wildman–Crippen MR) is 86.8 cm³/mol. The average molecular weight is 365 g/mol. The molecule has 0 radical (unpaired) electrons. The van der Waals surface area contributed by atoms with Gasteiger partial charge in [-0.05, 0) is 42.5 Å². The minimum absolute atomic E-state index is 0.149. The van der Waals surface area contributed by atoms with Crippen LogP contribution in [0.5, 0.6) is 0 Å². The van der Waals surface area contributed by atoms with Gasteiger partial charge in [0.05, 0.1) is 10.6 Å². The summed E-state index contributed by atoms with van der Waals surface area (Å²) in [5.41, 5.74) is 0.329. The summed E-state index contributed by atoms with van der Waals surface area (Å²) >= 11 is 1.29. The van der Waals surface area contributed by atoms with Crippen LogP contribution in [0.25, 0.3) is 10.8 Å². The predicted octanol–water partition coefficient (Wildman–Crippen LogP) is 3.62. The number of halogens is 1. The number of benzene rings is 1. The molecule has 1 aliphatic rings. The molecule has 2 heterocycles. The molecule has 6 nitrogen and oxygen atoms in total. The Hall–Kier alpha value is -2.26.